The second-order valence-corrected chi connectivity index (χ2v) is 8.59. The molecule has 0 bridgehead atoms. The third kappa shape index (κ3) is 3.81. The number of aromatic amines is 1. The van der Waals surface area contributed by atoms with E-state index in [9.17, 15) is 9.65 Å². The van der Waals surface area contributed by atoms with Gasteiger partial charge in [0.05, 0.1) is 6.07 Å². The lowest BCUT2D eigenvalue weighted by Gasteiger charge is -2.13. The van der Waals surface area contributed by atoms with Crippen molar-refractivity contribution >= 4 is 16.5 Å². The van der Waals surface area contributed by atoms with Crippen LogP contribution in [-0.4, -0.2) is 4.98 Å². The number of hydrogen-bond donors (Lipinski definition) is 1. The molecule has 0 atom stereocenters. The predicted octanol–water partition coefficient (Wildman–Crippen LogP) is 7.09. The van der Waals surface area contributed by atoms with Gasteiger partial charge in [-0.15, -0.1) is 0 Å². The summed E-state index contributed by atoms with van der Waals surface area (Å²) in [5, 5.41) is 10.9. The normalized spacial score (nSPS) is 14.1. The van der Waals surface area contributed by atoms with E-state index in [-0.39, 0.29) is 5.82 Å². The second-order valence-electron chi connectivity index (χ2n) is 8.59. The number of aryl methyl sites for hydroxylation is 1. The number of benzene rings is 3. The van der Waals surface area contributed by atoms with Crippen molar-refractivity contribution < 1.29 is 9.13 Å². The Morgan fingerprint density at radius 2 is 1.91 bits per heavy atom. The molecule has 2 heterocycles. The molecule has 3 aromatic carbocycles. The quantitative estimate of drug-likeness (QED) is 0.347. The van der Waals surface area contributed by atoms with E-state index in [2.05, 4.69) is 60.4 Å². The predicted molar refractivity (Wildman–Crippen MR) is 130 cm³/mol. The minimum atomic E-state index is -0.350. The molecular weight excluding hydrogens is 411 g/mol. The van der Waals surface area contributed by atoms with Crippen LogP contribution < -0.4 is 4.74 Å². The van der Waals surface area contributed by atoms with E-state index in [0.29, 0.717) is 17.9 Å². The van der Waals surface area contributed by atoms with Crippen LogP contribution >= 0.6 is 0 Å². The minimum Gasteiger partial charge on any atom is -0.488 e. The molecule has 0 saturated carbocycles. The van der Waals surface area contributed by atoms with E-state index in [0.717, 1.165) is 41.5 Å². The summed E-state index contributed by atoms with van der Waals surface area (Å²) in [5.41, 5.74) is 9.09. The molecule has 0 amide bonds. The van der Waals surface area contributed by atoms with E-state index >= 15 is 0 Å². The number of rotatable bonds is 4. The molecule has 0 radical (unpaired) electrons. The molecular formula is C29H25FN2O. The van der Waals surface area contributed by atoms with Gasteiger partial charge in [0.1, 0.15) is 18.2 Å². The number of allylic oxidation sites excluding steroid dienone is 1. The van der Waals surface area contributed by atoms with Crippen LogP contribution in [0.25, 0.3) is 16.5 Å². The molecule has 1 aromatic heterocycles. The summed E-state index contributed by atoms with van der Waals surface area (Å²) < 4.78 is 19.9. The Hall–Kier alpha value is -3.84. The topological polar surface area (TPSA) is 48.8 Å². The van der Waals surface area contributed by atoms with Crippen molar-refractivity contribution in [2.75, 3.05) is 0 Å². The van der Waals surface area contributed by atoms with E-state index < -0.39 is 0 Å². The molecule has 0 unspecified atom stereocenters. The van der Waals surface area contributed by atoms with Crippen LogP contribution in [0.1, 0.15) is 53.8 Å². The van der Waals surface area contributed by atoms with Crippen LogP contribution in [0.4, 0.5) is 4.39 Å². The zero-order valence-electron chi connectivity index (χ0n) is 18.8. The summed E-state index contributed by atoms with van der Waals surface area (Å²) in [6.45, 7) is 4.33. The number of ether oxygens (including phenoxy) is 1. The Morgan fingerprint density at radius 1 is 1.09 bits per heavy atom. The molecule has 3 nitrogen and oxygen atoms in total. The first-order valence-corrected chi connectivity index (χ1v) is 11.3. The van der Waals surface area contributed by atoms with Crippen molar-refractivity contribution in [2.45, 2.75) is 39.7 Å². The SMILES string of the molecule is CCCc1[nH]c2ccccc2c1Cc1ccc2c(c1)COc1cc(F)ccc1/C2=C(/C)C#N. The number of H-pyrrole nitrogens is 1. The van der Waals surface area contributed by atoms with Gasteiger partial charge in [0.15, 0.2) is 0 Å². The van der Waals surface area contributed by atoms with Gasteiger partial charge in [0, 0.05) is 39.4 Å². The monoisotopic (exact) mass is 436 g/mol. The molecule has 4 heteroatoms. The van der Waals surface area contributed by atoms with Gasteiger partial charge < -0.3 is 9.72 Å². The molecule has 5 rings (SSSR count). The van der Waals surface area contributed by atoms with Gasteiger partial charge in [0.2, 0.25) is 0 Å². The number of aromatic nitrogens is 1. The Kier molecular flexibility index (Phi) is 5.48. The lowest BCUT2D eigenvalue weighted by molar-refractivity contribution is 0.305. The van der Waals surface area contributed by atoms with Gasteiger partial charge in [-0.1, -0.05) is 49.7 Å². The van der Waals surface area contributed by atoms with E-state index in [1.54, 1.807) is 13.0 Å². The first-order chi connectivity index (χ1) is 16.1. The average Bonchev–Trinajstić information content (AvgIpc) is 3.07. The largest absolute Gasteiger partial charge is 0.488 e. The third-order valence-corrected chi connectivity index (χ3v) is 6.36. The van der Waals surface area contributed by atoms with Gasteiger partial charge in [-0.25, -0.2) is 4.39 Å². The number of nitrogens with zero attached hydrogens (tertiary/aromatic N) is 1. The fourth-order valence-electron chi connectivity index (χ4n) is 4.83. The molecule has 0 fully saturated rings. The number of fused-ring (bicyclic) bond motifs is 3. The highest BCUT2D eigenvalue weighted by Crippen LogP contribution is 2.39. The maximum atomic E-state index is 13.9. The van der Waals surface area contributed by atoms with Crippen molar-refractivity contribution in [2.24, 2.45) is 0 Å². The van der Waals surface area contributed by atoms with Crippen molar-refractivity contribution in [1.82, 2.24) is 4.98 Å². The summed E-state index contributed by atoms with van der Waals surface area (Å²) in [6, 6.07) is 21.6. The number of nitriles is 1. The molecule has 0 saturated heterocycles. The maximum absolute atomic E-state index is 13.9. The highest BCUT2D eigenvalue weighted by Gasteiger charge is 2.22. The summed E-state index contributed by atoms with van der Waals surface area (Å²) in [7, 11) is 0. The molecule has 33 heavy (non-hydrogen) atoms. The van der Waals surface area contributed by atoms with Crippen LogP contribution in [0, 0.1) is 17.1 Å². The van der Waals surface area contributed by atoms with Crippen LogP contribution in [0.3, 0.4) is 0 Å². The van der Waals surface area contributed by atoms with Crippen molar-refractivity contribution in [3.8, 4) is 11.8 Å². The van der Waals surface area contributed by atoms with Crippen LogP contribution in [0.5, 0.6) is 5.75 Å². The van der Waals surface area contributed by atoms with Crippen molar-refractivity contribution in [3.05, 3.63) is 106 Å². The molecule has 1 aliphatic rings. The highest BCUT2D eigenvalue weighted by molar-refractivity contribution is 5.89. The minimum absolute atomic E-state index is 0.331. The highest BCUT2D eigenvalue weighted by atomic mass is 19.1. The Bertz CT molecular complexity index is 1440. The van der Waals surface area contributed by atoms with Gasteiger partial charge in [-0.3, -0.25) is 0 Å². The van der Waals surface area contributed by atoms with Crippen LogP contribution in [-0.2, 0) is 19.4 Å². The van der Waals surface area contributed by atoms with Gasteiger partial charge in [-0.05, 0) is 60.2 Å². The average molecular weight is 437 g/mol. The zero-order valence-corrected chi connectivity index (χ0v) is 18.8. The number of hydrogen-bond acceptors (Lipinski definition) is 2. The molecule has 0 spiro atoms. The standard InChI is InChI=1S/C29H25FN2O/c1-3-6-26-25(23-7-4-5-8-27(23)32-26)14-19-9-11-22-20(13-19)17-33-28-15-21(30)10-12-24(28)29(22)18(2)16-31/h4-5,7-13,15,32H,3,6,14,17H2,1-2H3/b29-18-. The Morgan fingerprint density at radius 3 is 2.73 bits per heavy atom. The molecule has 0 aliphatic carbocycles. The number of nitrogens with one attached hydrogen (secondary N) is 1. The van der Waals surface area contributed by atoms with Gasteiger partial charge >= 0.3 is 0 Å². The van der Waals surface area contributed by atoms with E-state index in [1.165, 1.54) is 39.9 Å². The smallest absolute Gasteiger partial charge is 0.130 e. The second kappa shape index (κ2) is 8.60. The number of para-hydroxylation sites is 1. The number of halogens is 1. The summed E-state index contributed by atoms with van der Waals surface area (Å²) >= 11 is 0. The molecule has 1 N–H and O–H groups in total. The zero-order chi connectivity index (χ0) is 22.9. The molecule has 1 aliphatic heterocycles. The first kappa shape index (κ1) is 21.0. The summed E-state index contributed by atoms with van der Waals surface area (Å²) in [5.74, 6) is 0.122. The van der Waals surface area contributed by atoms with E-state index in [1.807, 2.05) is 0 Å². The fraction of sp³-hybridized carbons (Fsp3) is 0.207. The molecule has 4 aromatic rings. The Labute approximate surface area is 193 Å². The molecule has 164 valence electrons. The lowest BCUT2D eigenvalue weighted by atomic mass is 9.89. The van der Waals surface area contributed by atoms with E-state index in [4.69, 9.17) is 4.74 Å². The fourth-order valence-corrected chi connectivity index (χ4v) is 4.83. The summed E-state index contributed by atoms with van der Waals surface area (Å²) in [4.78, 5) is 3.60. The third-order valence-electron chi connectivity index (χ3n) is 6.36. The maximum Gasteiger partial charge on any atom is 0.130 e. The summed E-state index contributed by atoms with van der Waals surface area (Å²) in [6.07, 6.45) is 2.89. The van der Waals surface area contributed by atoms with Crippen LogP contribution in [0.2, 0.25) is 0 Å². The van der Waals surface area contributed by atoms with Gasteiger partial charge in [-0.2, -0.15) is 5.26 Å². The van der Waals surface area contributed by atoms with Crippen molar-refractivity contribution in [3.63, 3.8) is 0 Å². The van der Waals surface area contributed by atoms with Crippen molar-refractivity contribution in [1.29, 1.82) is 5.26 Å². The van der Waals surface area contributed by atoms with Gasteiger partial charge in [0.25, 0.3) is 0 Å². The Balaban J connectivity index is 1.60. The van der Waals surface area contributed by atoms with Crippen LogP contribution in [0.15, 0.2) is 66.2 Å². The first-order valence-electron chi connectivity index (χ1n) is 11.3. The lowest BCUT2D eigenvalue weighted by Crippen LogP contribution is -2.00.